The Bertz CT molecular complexity index is 804. The van der Waals surface area contributed by atoms with Crippen LogP contribution in [0.4, 0.5) is 8.78 Å². The van der Waals surface area contributed by atoms with E-state index in [2.05, 4.69) is 0 Å². The summed E-state index contributed by atoms with van der Waals surface area (Å²) >= 11 is 1.48. The molecule has 1 saturated carbocycles. The topological polar surface area (TPSA) is 77.8 Å². The number of alkyl halides is 2. The van der Waals surface area contributed by atoms with Gasteiger partial charge in [-0.2, -0.15) is 0 Å². The fraction of sp³-hybridized carbons (Fsp3) is 0.609. The number of unbranched alkanes of at least 4 members (excludes halogenated alkanes) is 3. The maximum absolute atomic E-state index is 14.5. The Kier molecular flexibility index (Phi) is 7.82. The lowest BCUT2D eigenvalue weighted by molar-refractivity contribution is -0.137. The molecule has 1 aromatic heterocycles. The number of halogens is 2. The van der Waals surface area contributed by atoms with Gasteiger partial charge in [-0.1, -0.05) is 37.5 Å². The molecule has 0 bridgehead atoms. The second-order valence-electron chi connectivity index (χ2n) is 8.43. The lowest BCUT2D eigenvalue weighted by atomic mass is 9.84. The third-order valence-corrected chi connectivity index (χ3v) is 7.45. The second kappa shape index (κ2) is 10.2. The number of carboxylic acids is 1. The molecule has 0 unspecified atom stereocenters. The third kappa shape index (κ3) is 5.77. The highest BCUT2D eigenvalue weighted by Crippen LogP contribution is 2.49. The van der Waals surface area contributed by atoms with E-state index in [1.807, 2.05) is 30.3 Å². The van der Waals surface area contributed by atoms with Crippen molar-refractivity contribution >= 4 is 27.4 Å². The van der Waals surface area contributed by atoms with Gasteiger partial charge in [-0.15, -0.1) is 11.3 Å². The predicted octanol–water partition coefficient (Wildman–Crippen LogP) is 5.77. The van der Waals surface area contributed by atoms with Crippen molar-refractivity contribution in [1.82, 2.24) is 0 Å². The van der Waals surface area contributed by atoms with E-state index >= 15 is 0 Å². The number of hydrogen-bond donors (Lipinski definition) is 3. The van der Waals surface area contributed by atoms with Gasteiger partial charge in [0.15, 0.2) is 0 Å². The van der Waals surface area contributed by atoms with E-state index < -0.39 is 42.4 Å². The van der Waals surface area contributed by atoms with Crippen LogP contribution in [-0.2, 0) is 4.79 Å². The minimum absolute atomic E-state index is 0.127. The van der Waals surface area contributed by atoms with Crippen LogP contribution in [-0.4, -0.2) is 33.3 Å². The molecule has 2 aromatic rings. The first-order chi connectivity index (χ1) is 14.3. The van der Waals surface area contributed by atoms with Crippen molar-refractivity contribution in [2.75, 3.05) is 0 Å². The van der Waals surface area contributed by atoms with Crippen molar-refractivity contribution < 1.29 is 28.9 Å². The SMILES string of the molecule is O=C(O)CCCCCC[C@H]1[C@H](O)CC(F)(F)[C@@H]1CC[C@@H](O)c1cc2ccccc2s1. The molecule has 0 spiro atoms. The Labute approximate surface area is 179 Å². The summed E-state index contributed by atoms with van der Waals surface area (Å²) < 4.78 is 30.2. The van der Waals surface area contributed by atoms with E-state index in [1.165, 1.54) is 11.3 Å². The molecule has 1 aromatic carbocycles. The van der Waals surface area contributed by atoms with Gasteiger partial charge in [-0.05, 0) is 49.1 Å². The number of fused-ring (bicyclic) bond motifs is 1. The minimum Gasteiger partial charge on any atom is -0.481 e. The molecule has 1 heterocycles. The zero-order valence-electron chi connectivity index (χ0n) is 17.0. The molecule has 166 valence electrons. The fourth-order valence-corrected chi connectivity index (χ4v) is 5.72. The summed E-state index contributed by atoms with van der Waals surface area (Å²) in [7, 11) is 0. The van der Waals surface area contributed by atoms with E-state index in [0.717, 1.165) is 27.8 Å². The molecule has 1 aliphatic carbocycles. The molecular weight excluding hydrogens is 410 g/mol. The first kappa shape index (κ1) is 23.1. The summed E-state index contributed by atoms with van der Waals surface area (Å²) in [6.07, 6.45) is 1.54. The fourth-order valence-electron chi connectivity index (χ4n) is 4.64. The first-order valence-corrected chi connectivity index (χ1v) is 11.5. The molecule has 3 rings (SSSR count). The van der Waals surface area contributed by atoms with Crippen molar-refractivity contribution in [2.24, 2.45) is 11.8 Å². The minimum atomic E-state index is -2.92. The van der Waals surface area contributed by atoms with Crippen molar-refractivity contribution in [3.05, 3.63) is 35.2 Å². The zero-order chi connectivity index (χ0) is 21.7. The van der Waals surface area contributed by atoms with Gasteiger partial charge in [0, 0.05) is 28.3 Å². The summed E-state index contributed by atoms with van der Waals surface area (Å²) in [6.45, 7) is 0. The zero-order valence-corrected chi connectivity index (χ0v) is 17.8. The summed E-state index contributed by atoms with van der Waals surface area (Å²) in [5, 5.41) is 30.5. The number of benzene rings is 1. The molecule has 0 amide bonds. The molecule has 3 N–H and O–H groups in total. The van der Waals surface area contributed by atoms with Crippen LogP contribution >= 0.6 is 11.3 Å². The molecule has 7 heteroatoms. The van der Waals surface area contributed by atoms with Crippen molar-refractivity contribution in [3.8, 4) is 0 Å². The Morgan fingerprint density at radius 3 is 2.63 bits per heavy atom. The maximum Gasteiger partial charge on any atom is 0.303 e. The number of carboxylic acid groups (broad SMARTS) is 1. The molecule has 4 nitrogen and oxygen atoms in total. The summed E-state index contributed by atoms with van der Waals surface area (Å²) in [5.74, 6) is -5.16. The number of thiophene rings is 1. The Morgan fingerprint density at radius 2 is 1.90 bits per heavy atom. The molecule has 30 heavy (non-hydrogen) atoms. The lowest BCUT2D eigenvalue weighted by Gasteiger charge is -2.26. The molecule has 4 atom stereocenters. The van der Waals surface area contributed by atoms with Crippen molar-refractivity contribution in [1.29, 1.82) is 0 Å². The van der Waals surface area contributed by atoms with Crippen LogP contribution in [0.25, 0.3) is 10.1 Å². The normalized spacial score (nSPS) is 24.3. The summed E-state index contributed by atoms with van der Waals surface area (Å²) in [6, 6.07) is 9.72. The highest BCUT2D eigenvalue weighted by atomic mass is 32.1. The Morgan fingerprint density at radius 1 is 1.17 bits per heavy atom. The third-order valence-electron chi connectivity index (χ3n) is 6.24. The Balaban J connectivity index is 1.53. The van der Waals surface area contributed by atoms with Gasteiger partial charge in [0.05, 0.1) is 12.2 Å². The second-order valence-corrected chi connectivity index (χ2v) is 9.54. The standard InChI is InChI=1S/C23H30F2O4S/c24-23(25)14-19(27)16(8-3-1-2-4-10-22(28)29)17(23)11-12-18(26)21-13-15-7-5-6-9-20(15)30-21/h5-7,9,13,16-19,26-27H,1-4,8,10-12,14H2,(H,28,29)/t16-,17-,18-,19-/m1/s1. The van der Waals surface area contributed by atoms with E-state index in [0.29, 0.717) is 19.3 Å². The van der Waals surface area contributed by atoms with Gasteiger partial charge >= 0.3 is 5.97 Å². The molecule has 1 aliphatic rings. The number of carbonyl (C=O) groups is 1. The molecule has 0 aliphatic heterocycles. The largest absolute Gasteiger partial charge is 0.481 e. The van der Waals surface area contributed by atoms with Crippen LogP contribution in [0.15, 0.2) is 30.3 Å². The summed E-state index contributed by atoms with van der Waals surface area (Å²) in [4.78, 5) is 11.3. The van der Waals surface area contributed by atoms with Gasteiger partial charge in [0.1, 0.15) is 0 Å². The number of rotatable bonds is 11. The number of aliphatic carboxylic acids is 1. The van der Waals surface area contributed by atoms with Crippen molar-refractivity contribution in [3.63, 3.8) is 0 Å². The highest BCUT2D eigenvalue weighted by Gasteiger charge is 2.53. The average Bonchev–Trinajstić information content (AvgIpc) is 3.20. The van der Waals surface area contributed by atoms with Gasteiger partial charge < -0.3 is 15.3 Å². The van der Waals surface area contributed by atoms with Gasteiger partial charge in [-0.3, -0.25) is 4.79 Å². The van der Waals surface area contributed by atoms with E-state index in [9.17, 15) is 23.8 Å². The number of aliphatic hydroxyl groups excluding tert-OH is 2. The van der Waals surface area contributed by atoms with Crippen LogP contribution in [0.2, 0.25) is 0 Å². The highest BCUT2D eigenvalue weighted by molar-refractivity contribution is 7.19. The lowest BCUT2D eigenvalue weighted by Crippen LogP contribution is -2.27. The number of hydrogen-bond acceptors (Lipinski definition) is 4. The van der Waals surface area contributed by atoms with E-state index in [1.54, 1.807) is 0 Å². The quantitative estimate of drug-likeness (QED) is 0.388. The van der Waals surface area contributed by atoms with Crippen LogP contribution in [0.1, 0.15) is 68.8 Å². The maximum atomic E-state index is 14.5. The van der Waals surface area contributed by atoms with Crippen LogP contribution in [0.5, 0.6) is 0 Å². The van der Waals surface area contributed by atoms with Crippen LogP contribution in [0.3, 0.4) is 0 Å². The van der Waals surface area contributed by atoms with E-state index in [-0.39, 0.29) is 19.3 Å². The van der Waals surface area contributed by atoms with E-state index in [4.69, 9.17) is 5.11 Å². The monoisotopic (exact) mass is 440 g/mol. The number of aliphatic hydroxyl groups is 2. The Hall–Kier alpha value is -1.57. The predicted molar refractivity (Wildman–Crippen MR) is 114 cm³/mol. The smallest absolute Gasteiger partial charge is 0.303 e. The molecule has 0 saturated heterocycles. The first-order valence-electron chi connectivity index (χ1n) is 10.7. The summed E-state index contributed by atoms with van der Waals surface area (Å²) in [5.41, 5.74) is 0. The van der Waals surface area contributed by atoms with Gasteiger partial charge in [0.25, 0.3) is 5.92 Å². The van der Waals surface area contributed by atoms with Crippen LogP contribution in [0, 0.1) is 11.8 Å². The van der Waals surface area contributed by atoms with Gasteiger partial charge in [-0.25, -0.2) is 8.78 Å². The van der Waals surface area contributed by atoms with Crippen molar-refractivity contribution in [2.45, 2.75) is 75.9 Å². The molecule has 1 fully saturated rings. The van der Waals surface area contributed by atoms with Crippen LogP contribution < -0.4 is 0 Å². The molecular formula is C23H30F2O4S. The molecule has 0 radical (unpaired) electrons. The average molecular weight is 441 g/mol. The van der Waals surface area contributed by atoms with Gasteiger partial charge in [0.2, 0.25) is 0 Å².